The fraction of sp³-hybridized carbons (Fsp3) is 0.143. The highest BCUT2D eigenvalue weighted by Crippen LogP contribution is 2.31. The number of hydrogen-bond acceptors (Lipinski definition) is 4. The van der Waals surface area contributed by atoms with Crippen LogP contribution in [0.2, 0.25) is 20.1 Å². The van der Waals surface area contributed by atoms with Gasteiger partial charge in [-0.05, 0) is 35.4 Å². The smallest absolute Gasteiger partial charge is 0.158 e. The molecule has 23 heavy (non-hydrogen) atoms. The summed E-state index contributed by atoms with van der Waals surface area (Å²) in [7, 11) is -3.56. The van der Waals surface area contributed by atoms with E-state index in [1.54, 1.807) is 0 Å². The molecular formula is C14H12Cl4N2O2S. The highest BCUT2D eigenvalue weighted by molar-refractivity contribution is 7.89. The molecule has 0 saturated carbocycles. The summed E-state index contributed by atoms with van der Waals surface area (Å²) >= 11 is 23.9. The molecule has 0 spiro atoms. The van der Waals surface area contributed by atoms with Gasteiger partial charge >= 0.3 is 0 Å². The first-order chi connectivity index (χ1) is 10.6. The summed E-state index contributed by atoms with van der Waals surface area (Å²) in [6.45, 7) is 0. The molecule has 124 valence electrons. The van der Waals surface area contributed by atoms with Gasteiger partial charge in [0.15, 0.2) is 9.84 Å². The minimum Gasteiger partial charge on any atom is -0.397 e. The standard InChI is InChI=1S/C14H12Cl4N2O2S/c15-9-3-13(19)11(17)1-7(9)5-23(21,22)6-8-2-12(18)14(20)4-10(8)16/h1-4H,5-6,19-20H2. The van der Waals surface area contributed by atoms with Crippen molar-refractivity contribution in [2.75, 3.05) is 11.5 Å². The van der Waals surface area contributed by atoms with E-state index in [1.165, 1.54) is 24.3 Å². The highest BCUT2D eigenvalue weighted by atomic mass is 35.5. The maximum absolute atomic E-state index is 12.4. The fourth-order valence-corrected chi connectivity index (χ4v) is 4.49. The molecule has 0 saturated heterocycles. The van der Waals surface area contributed by atoms with Crippen LogP contribution in [0.4, 0.5) is 11.4 Å². The van der Waals surface area contributed by atoms with Gasteiger partial charge in [0.05, 0.1) is 32.9 Å². The number of hydrogen-bond donors (Lipinski definition) is 2. The van der Waals surface area contributed by atoms with Gasteiger partial charge < -0.3 is 11.5 Å². The molecular weight excluding hydrogens is 402 g/mol. The molecule has 2 aromatic rings. The molecule has 0 aliphatic heterocycles. The Hall–Kier alpha value is -0.850. The van der Waals surface area contributed by atoms with Gasteiger partial charge in [0, 0.05) is 10.0 Å². The van der Waals surface area contributed by atoms with E-state index >= 15 is 0 Å². The van der Waals surface area contributed by atoms with Gasteiger partial charge in [-0.2, -0.15) is 0 Å². The van der Waals surface area contributed by atoms with Crippen LogP contribution < -0.4 is 11.5 Å². The lowest BCUT2D eigenvalue weighted by Crippen LogP contribution is -2.09. The van der Waals surface area contributed by atoms with Crippen LogP contribution in [0.25, 0.3) is 0 Å². The molecule has 4 N–H and O–H groups in total. The van der Waals surface area contributed by atoms with Crippen LogP contribution in [0.5, 0.6) is 0 Å². The molecule has 0 heterocycles. The highest BCUT2D eigenvalue weighted by Gasteiger charge is 2.19. The molecule has 0 bridgehead atoms. The third-order valence-corrected chi connectivity index (χ3v) is 5.94. The van der Waals surface area contributed by atoms with E-state index in [-0.39, 0.29) is 43.0 Å². The molecule has 0 unspecified atom stereocenters. The summed E-state index contributed by atoms with van der Waals surface area (Å²) < 4.78 is 24.8. The number of benzene rings is 2. The van der Waals surface area contributed by atoms with Crippen molar-refractivity contribution >= 4 is 67.6 Å². The Balaban J connectivity index is 2.30. The largest absolute Gasteiger partial charge is 0.397 e. The molecule has 2 rings (SSSR count). The Morgan fingerprint density at radius 1 is 0.696 bits per heavy atom. The number of anilines is 2. The van der Waals surface area contributed by atoms with Crippen molar-refractivity contribution in [1.82, 2.24) is 0 Å². The topological polar surface area (TPSA) is 86.2 Å². The lowest BCUT2D eigenvalue weighted by molar-refractivity contribution is 0.594. The molecule has 4 nitrogen and oxygen atoms in total. The van der Waals surface area contributed by atoms with Gasteiger partial charge in [-0.3, -0.25) is 0 Å². The predicted octanol–water partition coefficient (Wildman–Crippen LogP) is 4.58. The molecule has 0 aliphatic carbocycles. The molecule has 2 aromatic carbocycles. The van der Waals surface area contributed by atoms with E-state index < -0.39 is 9.84 Å². The lowest BCUT2D eigenvalue weighted by atomic mass is 10.2. The van der Waals surface area contributed by atoms with Crippen molar-refractivity contribution in [3.8, 4) is 0 Å². The predicted molar refractivity (Wildman–Crippen MR) is 98.1 cm³/mol. The van der Waals surface area contributed by atoms with E-state index in [2.05, 4.69) is 0 Å². The van der Waals surface area contributed by atoms with Crippen LogP contribution in [0.1, 0.15) is 11.1 Å². The quantitative estimate of drug-likeness (QED) is 0.718. The molecule has 0 atom stereocenters. The van der Waals surface area contributed by atoms with Crippen molar-refractivity contribution < 1.29 is 8.42 Å². The lowest BCUT2D eigenvalue weighted by Gasteiger charge is -2.10. The second kappa shape index (κ2) is 6.95. The number of nitrogens with two attached hydrogens (primary N) is 2. The Bertz CT molecular complexity index is 804. The van der Waals surface area contributed by atoms with Gasteiger partial charge in [0.1, 0.15) is 0 Å². The summed E-state index contributed by atoms with van der Waals surface area (Å²) in [5.41, 5.74) is 12.5. The van der Waals surface area contributed by atoms with Gasteiger partial charge in [-0.25, -0.2) is 8.42 Å². The average Bonchev–Trinajstić information content (AvgIpc) is 2.41. The summed E-state index contributed by atoms with van der Waals surface area (Å²) in [6.07, 6.45) is 0. The summed E-state index contributed by atoms with van der Waals surface area (Å²) in [5.74, 6) is -0.603. The molecule has 0 amide bonds. The normalized spacial score (nSPS) is 11.7. The van der Waals surface area contributed by atoms with Gasteiger partial charge in [0.25, 0.3) is 0 Å². The van der Waals surface area contributed by atoms with E-state index in [0.717, 1.165) is 0 Å². The minimum absolute atomic E-state index is 0.233. The maximum atomic E-state index is 12.4. The Labute approximate surface area is 154 Å². The first-order valence-electron chi connectivity index (χ1n) is 6.26. The van der Waals surface area contributed by atoms with Crippen molar-refractivity contribution in [2.45, 2.75) is 11.5 Å². The fourth-order valence-electron chi connectivity index (χ4n) is 1.95. The van der Waals surface area contributed by atoms with Crippen molar-refractivity contribution in [3.05, 3.63) is 55.5 Å². The zero-order chi connectivity index (χ0) is 17.4. The van der Waals surface area contributed by atoms with Crippen LogP contribution in [0, 0.1) is 0 Å². The van der Waals surface area contributed by atoms with Crippen molar-refractivity contribution in [1.29, 1.82) is 0 Å². The monoisotopic (exact) mass is 412 g/mol. The Kier molecular flexibility index (Phi) is 5.59. The van der Waals surface area contributed by atoms with Gasteiger partial charge in [-0.1, -0.05) is 46.4 Å². The summed E-state index contributed by atoms with van der Waals surface area (Å²) in [5, 5.41) is 0.954. The zero-order valence-electron chi connectivity index (χ0n) is 11.6. The third-order valence-electron chi connectivity index (χ3n) is 3.08. The van der Waals surface area contributed by atoms with Gasteiger partial charge in [0.2, 0.25) is 0 Å². The first-order valence-corrected chi connectivity index (χ1v) is 9.59. The molecule has 0 aliphatic rings. The van der Waals surface area contributed by atoms with Crippen LogP contribution >= 0.6 is 46.4 Å². The van der Waals surface area contributed by atoms with Crippen LogP contribution in [0.15, 0.2) is 24.3 Å². The second-order valence-corrected chi connectivity index (χ2v) is 8.66. The van der Waals surface area contributed by atoms with Crippen LogP contribution in [-0.2, 0) is 21.3 Å². The second-order valence-electron chi connectivity index (χ2n) is 4.96. The zero-order valence-corrected chi connectivity index (χ0v) is 15.5. The SMILES string of the molecule is Nc1cc(Cl)c(CS(=O)(=O)Cc2cc(Cl)c(N)cc2Cl)cc1Cl. The molecule has 9 heteroatoms. The summed E-state index contributed by atoms with van der Waals surface area (Å²) in [6, 6.07) is 5.71. The number of sulfone groups is 1. The van der Waals surface area contributed by atoms with Gasteiger partial charge in [-0.15, -0.1) is 0 Å². The van der Waals surface area contributed by atoms with E-state index in [9.17, 15) is 8.42 Å². The Morgan fingerprint density at radius 3 is 1.39 bits per heavy atom. The Morgan fingerprint density at radius 2 is 1.04 bits per heavy atom. The number of rotatable bonds is 4. The van der Waals surface area contributed by atoms with Crippen LogP contribution in [0.3, 0.4) is 0 Å². The molecule has 0 radical (unpaired) electrons. The minimum atomic E-state index is -3.56. The molecule has 0 aromatic heterocycles. The first kappa shape index (κ1) is 18.5. The number of halogens is 4. The van der Waals surface area contributed by atoms with Crippen molar-refractivity contribution in [2.24, 2.45) is 0 Å². The summed E-state index contributed by atoms with van der Waals surface area (Å²) in [4.78, 5) is 0. The van der Waals surface area contributed by atoms with E-state index in [4.69, 9.17) is 57.9 Å². The maximum Gasteiger partial charge on any atom is 0.158 e. The van der Waals surface area contributed by atoms with Crippen molar-refractivity contribution in [3.63, 3.8) is 0 Å². The van der Waals surface area contributed by atoms with E-state index in [1.807, 2.05) is 0 Å². The molecule has 0 fully saturated rings. The number of nitrogen functional groups attached to an aromatic ring is 2. The average molecular weight is 414 g/mol. The van der Waals surface area contributed by atoms with Crippen LogP contribution in [-0.4, -0.2) is 8.42 Å². The third kappa shape index (κ3) is 4.58. The van der Waals surface area contributed by atoms with E-state index in [0.29, 0.717) is 11.1 Å².